The predicted molar refractivity (Wildman–Crippen MR) is 59.4 cm³/mol. The van der Waals surface area contributed by atoms with Gasteiger partial charge in [0, 0.05) is 19.2 Å². The molecule has 0 aliphatic rings. The number of hydrogen-bond donors (Lipinski definition) is 2. The van der Waals surface area contributed by atoms with Gasteiger partial charge >= 0.3 is 0 Å². The van der Waals surface area contributed by atoms with E-state index in [0.29, 0.717) is 5.92 Å². The molecule has 0 rings (SSSR count). The molecule has 0 bridgehead atoms. The molecule has 14 heavy (non-hydrogen) atoms. The minimum Gasteiger partial charge on any atom is -0.392 e. The molecule has 2 N–H and O–H groups in total. The lowest BCUT2D eigenvalue weighted by Crippen LogP contribution is -2.37. The highest BCUT2D eigenvalue weighted by Crippen LogP contribution is 1.98. The molecule has 0 spiro atoms. The van der Waals surface area contributed by atoms with Gasteiger partial charge in [0.2, 0.25) is 0 Å². The van der Waals surface area contributed by atoms with Crippen molar-refractivity contribution in [1.29, 1.82) is 0 Å². The first kappa shape index (κ1) is 13.9. The molecule has 0 radical (unpaired) electrons. The van der Waals surface area contributed by atoms with Crippen molar-refractivity contribution in [3.8, 4) is 0 Å². The smallest absolute Gasteiger partial charge is 0.0662 e. The molecule has 86 valence electrons. The predicted octanol–water partition coefficient (Wildman–Crippen LogP) is 1.41. The molecule has 0 amide bonds. The van der Waals surface area contributed by atoms with Crippen molar-refractivity contribution < 1.29 is 9.84 Å². The number of hydrogen-bond acceptors (Lipinski definition) is 3. The number of rotatable bonds is 8. The molecule has 0 fully saturated rings. The average molecular weight is 203 g/mol. The molecule has 3 heteroatoms. The lowest BCUT2D eigenvalue weighted by Gasteiger charge is -2.16. The summed E-state index contributed by atoms with van der Waals surface area (Å²) in [5, 5.41) is 12.4. The summed E-state index contributed by atoms with van der Waals surface area (Å²) >= 11 is 0. The minimum absolute atomic E-state index is 0.142. The summed E-state index contributed by atoms with van der Waals surface area (Å²) in [5.41, 5.74) is 0. The Morgan fingerprint density at radius 3 is 2.29 bits per heavy atom. The van der Waals surface area contributed by atoms with E-state index in [0.717, 1.165) is 26.2 Å². The molecule has 0 aliphatic heterocycles. The fourth-order valence-corrected chi connectivity index (χ4v) is 0.950. The highest BCUT2D eigenvalue weighted by molar-refractivity contribution is 4.65. The average Bonchev–Trinajstić information content (AvgIpc) is 2.09. The van der Waals surface area contributed by atoms with E-state index in [1.165, 1.54) is 0 Å². The van der Waals surface area contributed by atoms with Crippen molar-refractivity contribution in [3.05, 3.63) is 0 Å². The van der Waals surface area contributed by atoms with Crippen LogP contribution in [0.5, 0.6) is 0 Å². The molecule has 0 saturated heterocycles. The number of aliphatic hydroxyl groups is 1. The molecule has 0 aromatic carbocycles. The van der Waals surface area contributed by atoms with Crippen LogP contribution in [-0.2, 0) is 4.74 Å². The van der Waals surface area contributed by atoms with Gasteiger partial charge < -0.3 is 15.2 Å². The number of ether oxygens (including phenoxy) is 1. The molecular formula is C11H25NO2. The zero-order chi connectivity index (χ0) is 11.0. The largest absolute Gasteiger partial charge is 0.392 e. The van der Waals surface area contributed by atoms with Crippen LogP contribution in [0.3, 0.4) is 0 Å². The molecule has 0 aromatic heterocycles. The third-order valence-corrected chi connectivity index (χ3v) is 2.28. The topological polar surface area (TPSA) is 41.5 Å². The second-order valence-corrected chi connectivity index (χ2v) is 4.28. The van der Waals surface area contributed by atoms with E-state index in [4.69, 9.17) is 4.74 Å². The van der Waals surface area contributed by atoms with Gasteiger partial charge in [-0.3, -0.25) is 0 Å². The Kier molecular flexibility index (Phi) is 8.14. The van der Waals surface area contributed by atoms with Crippen LogP contribution in [0.2, 0.25) is 0 Å². The van der Waals surface area contributed by atoms with Gasteiger partial charge in [-0.2, -0.15) is 0 Å². The van der Waals surface area contributed by atoms with Crippen LogP contribution >= 0.6 is 0 Å². The highest BCUT2D eigenvalue weighted by atomic mass is 16.5. The zero-order valence-electron chi connectivity index (χ0n) is 9.92. The summed E-state index contributed by atoms with van der Waals surface area (Å²) in [4.78, 5) is 0. The van der Waals surface area contributed by atoms with Crippen LogP contribution in [0.1, 0.15) is 34.1 Å². The van der Waals surface area contributed by atoms with Gasteiger partial charge in [0.15, 0.2) is 0 Å². The van der Waals surface area contributed by atoms with Gasteiger partial charge in [-0.1, -0.05) is 13.8 Å². The van der Waals surface area contributed by atoms with Gasteiger partial charge in [-0.25, -0.2) is 0 Å². The molecule has 2 atom stereocenters. The van der Waals surface area contributed by atoms with Crippen LogP contribution in [0.25, 0.3) is 0 Å². The van der Waals surface area contributed by atoms with E-state index in [1.807, 2.05) is 6.92 Å². The normalized spacial score (nSPS) is 15.9. The van der Waals surface area contributed by atoms with E-state index in [2.05, 4.69) is 19.2 Å². The monoisotopic (exact) mass is 203 g/mol. The Bertz CT molecular complexity index is 126. The van der Waals surface area contributed by atoms with Crippen LogP contribution < -0.4 is 5.32 Å². The Balaban J connectivity index is 3.13. The van der Waals surface area contributed by atoms with E-state index >= 15 is 0 Å². The molecule has 0 aliphatic carbocycles. The van der Waals surface area contributed by atoms with Crippen molar-refractivity contribution in [3.63, 3.8) is 0 Å². The number of nitrogens with one attached hydrogen (secondary N) is 1. The van der Waals surface area contributed by atoms with Gasteiger partial charge in [-0.05, 0) is 26.2 Å². The number of aliphatic hydroxyl groups excluding tert-OH is 1. The molecule has 0 heterocycles. The lowest BCUT2D eigenvalue weighted by atomic mass is 10.1. The third-order valence-electron chi connectivity index (χ3n) is 2.28. The van der Waals surface area contributed by atoms with Crippen molar-refractivity contribution >= 4 is 0 Å². The fourth-order valence-electron chi connectivity index (χ4n) is 0.950. The quantitative estimate of drug-likeness (QED) is 0.586. The van der Waals surface area contributed by atoms with Crippen molar-refractivity contribution in [2.45, 2.75) is 46.3 Å². The zero-order valence-corrected chi connectivity index (χ0v) is 9.92. The lowest BCUT2D eigenvalue weighted by molar-refractivity contribution is 0.111. The van der Waals surface area contributed by atoms with Gasteiger partial charge in [0.05, 0.1) is 12.7 Å². The van der Waals surface area contributed by atoms with E-state index in [1.54, 1.807) is 6.92 Å². The fraction of sp³-hybridized carbons (Fsp3) is 1.00. The van der Waals surface area contributed by atoms with Crippen molar-refractivity contribution in [2.24, 2.45) is 5.92 Å². The van der Waals surface area contributed by atoms with Gasteiger partial charge in [0.1, 0.15) is 0 Å². The highest BCUT2D eigenvalue weighted by Gasteiger charge is 2.06. The first-order chi connectivity index (χ1) is 6.54. The summed E-state index contributed by atoms with van der Waals surface area (Å²) in [6.07, 6.45) is 0.817. The van der Waals surface area contributed by atoms with Gasteiger partial charge in [-0.15, -0.1) is 0 Å². The van der Waals surface area contributed by atoms with E-state index in [9.17, 15) is 5.11 Å². The Morgan fingerprint density at radius 1 is 1.14 bits per heavy atom. The third kappa shape index (κ3) is 8.48. The van der Waals surface area contributed by atoms with E-state index < -0.39 is 0 Å². The molecule has 0 saturated carbocycles. The Labute approximate surface area is 87.8 Å². The van der Waals surface area contributed by atoms with Crippen molar-refractivity contribution in [2.75, 3.05) is 19.8 Å². The van der Waals surface area contributed by atoms with E-state index in [-0.39, 0.29) is 12.1 Å². The van der Waals surface area contributed by atoms with Crippen LogP contribution in [-0.4, -0.2) is 37.0 Å². The molecular weight excluding hydrogens is 178 g/mol. The summed E-state index contributed by atoms with van der Waals surface area (Å²) in [6, 6.07) is 0.142. The van der Waals surface area contributed by atoms with Crippen LogP contribution in [0, 0.1) is 5.92 Å². The summed E-state index contributed by atoms with van der Waals surface area (Å²) in [7, 11) is 0. The minimum atomic E-state index is -0.300. The Morgan fingerprint density at radius 2 is 1.79 bits per heavy atom. The second-order valence-electron chi connectivity index (χ2n) is 4.28. The molecule has 2 unspecified atom stereocenters. The summed E-state index contributed by atoms with van der Waals surface area (Å²) < 4.78 is 5.43. The summed E-state index contributed by atoms with van der Waals surface area (Å²) in [5.74, 6) is 0.708. The van der Waals surface area contributed by atoms with Crippen LogP contribution in [0.4, 0.5) is 0 Å². The first-order valence-electron chi connectivity index (χ1n) is 5.53. The standard InChI is InChI=1S/C11H25NO2/c1-9(2)5-7-14-8-6-12-10(3)11(4)13/h9-13H,5-8H2,1-4H3. The SMILES string of the molecule is CC(C)CCOCCNC(C)C(C)O. The van der Waals surface area contributed by atoms with Crippen LogP contribution in [0.15, 0.2) is 0 Å². The van der Waals surface area contributed by atoms with Gasteiger partial charge in [0.25, 0.3) is 0 Å². The maximum atomic E-state index is 9.19. The second kappa shape index (κ2) is 8.21. The van der Waals surface area contributed by atoms with Crippen molar-refractivity contribution in [1.82, 2.24) is 5.32 Å². The maximum absolute atomic E-state index is 9.19. The molecule has 0 aromatic rings. The Hall–Kier alpha value is -0.120. The summed E-state index contributed by atoms with van der Waals surface area (Å²) in [6.45, 7) is 10.5. The molecule has 3 nitrogen and oxygen atoms in total. The first-order valence-corrected chi connectivity index (χ1v) is 5.53. The maximum Gasteiger partial charge on any atom is 0.0662 e.